The summed E-state index contributed by atoms with van der Waals surface area (Å²) in [4.78, 5) is 50.7. The van der Waals surface area contributed by atoms with Crippen molar-refractivity contribution in [3.8, 4) is 0 Å². The first-order valence-electron chi connectivity index (χ1n) is 11.8. The number of likely N-dealkylation sites (tertiary alicyclic amines) is 1. The van der Waals surface area contributed by atoms with Gasteiger partial charge in [0.2, 0.25) is 11.8 Å². The van der Waals surface area contributed by atoms with Gasteiger partial charge in [-0.15, -0.1) is 0 Å². The van der Waals surface area contributed by atoms with Gasteiger partial charge in [-0.05, 0) is 44.0 Å². The van der Waals surface area contributed by atoms with Crippen molar-refractivity contribution in [2.45, 2.75) is 39.2 Å². The molecule has 2 heterocycles. The number of hydrogen-bond acceptors (Lipinski definition) is 5. The number of benzene rings is 2. The molecule has 8 heteroatoms. The molecular weight excluding hydrogens is 434 g/mol. The highest BCUT2D eigenvalue weighted by atomic mass is 16.5. The summed E-state index contributed by atoms with van der Waals surface area (Å²) in [5.74, 6) is -2.47. The molecule has 5 rings (SSSR count). The molecule has 2 aromatic carbocycles. The van der Waals surface area contributed by atoms with Crippen molar-refractivity contribution in [3.05, 3.63) is 42.5 Å². The Morgan fingerprint density at radius 1 is 0.971 bits per heavy atom. The maximum atomic E-state index is 12.5. The lowest BCUT2D eigenvalue weighted by Crippen LogP contribution is -2.37. The summed E-state index contributed by atoms with van der Waals surface area (Å²) in [6.07, 6.45) is 3.21. The lowest BCUT2D eigenvalue weighted by molar-refractivity contribution is -0.154. The summed E-state index contributed by atoms with van der Waals surface area (Å²) < 4.78 is 7.28. The Labute approximate surface area is 196 Å². The quantitative estimate of drug-likeness (QED) is 0.448. The molecule has 1 aliphatic carbocycles. The van der Waals surface area contributed by atoms with E-state index in [2.05, 4.69) is 22.9 Å². The van der Waals surface area contributed by atoms with E-state index < -0.39 is 25.0 Å². The number of aromatic nitrogens is 1. The monoisotopic (exact) mass is 461 g/mol. The summed E-state index contributed by atoms with van der Waals surface area (Å²) in [7, 11) is 0. The molecule has 8 nitrogen and oxygen atoms in total. The minimum atomic E-state index is -0.767. The van der Waals surface area contributed by atoms with Gasteiger partial charge in [0.15, 0.2) is 6.61 Å². The minimum Gasteiger partial charge on any atom is -0.454 e. The standard InChI is InChI=1S/C26H27N3O5/c1-2-28-21-10-6-5-7-17(21)20-13-16(11-12-22(20)28)27-23(30)15-34-24(31)14-29-25(32)18-8-3-4-9-19(18)26(29)33/h5-7,10-13,18-19H,2-4,8-9,14-15H2,1H3,(H,27,30)/t18-,19-/m1/s1. The molecule has 1 aliphatic heterocycles. The number of anilines is 1. The molecule has 1 aromatic heterocycles. The Hall–Kier alpha value is -3.68. The Balaban J connectivity index is 1.21. The van der Waals surface area contributed by atoms with Gasteiger partial charge in [-0.25, -0.2) is 0 Å². The number of para-hydroxylation sites is 1. The zero-order chi connectivity index (χ0) is 23.8. The summed E-state index contributed by atoms with van der Waals surface area (Å²) in [5, 5.41) is 4.89. The number of esters is 1. The average Bonchev–Trinajstić information content (AvgIpc) is 3.29. The fourth-order valence-electron chi connectivity index (χ4n) is 5.38. The van der Waals surface area contributed by atoms with E-state index in [1.54, 1.807) is 0 Å². The number of aryl methyl sites for hydroxylation is 1. The van der Waals surface area contributed by atoms with E-state index in [9.17, 15) is 19.2 Å². The summed E-state index contributed by atoms with van der Waals surface area (Å²) in [5.41, 5.74) is 2.80. The van der Waals surface area contributed by atoms with E-state index in [1.807, 2.05) is 36.4 Å². The number of nitrogens with zero attached hydrogens (tertiary/aromatic N) is 2. The van der Waals surface area contributed by atoms with E-state index in [0.717, 1.165) is 46.1 Å². The number of hydrogen-bond donors (Lipinski definition) is 1. The maximum Gasteiger partial charge on any atom is 0.326 e. The van der Waals surface area contributed by atoms with Gasteiger partial charge in [0, 0.05) is 34.0 Å². The van der Waals surface area contributed by atoms with Crippen molar-refractivity contribution in [1.82, 2.24) is 9.47 Å². The van der Waals surface area contributed by atoms with Crippen LogP contribution >= 0.6 is 0 Å². The largest absolute Gasteiger partial charge is 0.454 e. The number of imide groups is 1. The topological polar surface area (TPSA) is 97.7 Å². The molecule has 176 valence electrons. The van der Waals surface area contributed by atoms with Crippen LogP contribution in [-0.2, 0) is 30.5 Å². The minimum absolute atomic E-state index is 0.296. The molecule has 1 N–H and O–H groups in total. The van der Waals surface area contributed by atoms with Gasteiger partial charge in [0.1, 0.15) is 6.54 Å². The van der Waals surface area contributed by atoms with Gasteiger partial charge < -0.3 is 14.6 Å². The molecule has 0 radical (unpaired) electrons. The molecular formula is C26H27N3O5. The SMILES string of the molecule is CCn1c2ccccc2c2cc(NC(=O)COC(=O)CN3C(=O)[C@@H]4CCCC[C@H]4C3=O)ccc21. The third-order valence-electron chi connectivity index (χ3n) is 6.96. The number of ether oxygens (including phenoxy) is 1. The van der Waals surface area contributed by atoms with Gasteiger partial charge in [0.05, 0.1) is 11.8 Å². The van der Waals surface area contributed by atoms with E-state index in [0.29, 0.717) is 18.5 Å². The van der Waals surface area contributed by atoms with Gasteiger partial charge >= 0.3 is 5.97 Å². The molecule has 2 atom stereocenters. The molecule has 2 fully saturated rings. The highest BCUT2D eigenvalue weighted by Gasteiger charge is 2.48. The molecule has 3 aromatic rings. The Morgan fingerprint density at radius 3 is 2.35 bits per heavy atom. The molecule has 34 heavy (non-hydrogen) atoms. The first-order valence-corrected chi connectivity index (χ1v) is 11.8. The summed E-state index contributed by atoms with van der Waals surface area (Å²) >= 11 is 0. The molecule has 2 aliphatic rings. The van der Waals surface area contributed by atoms with E-state index in [4.69, 9.17) is 4.74 Å². The fourth-order valence-corrected chi connectivity index (χ4v) is 5.38. The van der Waals surface area contributed by atoms with E-state index >= 15 is 0 Å². The van der Waals surface area contributed by atoms with E-state index in [-0.39, 0.29) is 23.7 Å². The van der Waals surface area contributed by atoms with Gasteiger partial charge in [-0.3, -0.25) is 24.1 Å². The predicted molar refractivity (Wildman–Crippen MR) is 127 cm³/mol. The van der Waals surface area contributed by atoms with E-state index in [1.165, 1.54) is 0 Å². The van der Waals surface area contributed by atoms with Crippen LogP contribution < -0.4 is 5.32 Å². The zero-order valence-electron chi connectivity index (χ0n) is 19.1. The Morgan fingerprint density at radius 2 is 1.65 bits per heavy atom. The second kappa shape index (κ2) is 8.93. The van der Waals surface area contributed by atoms with Gasteiger partial charge in [0.25, 0.3) is 5.91 Å². The highest BCUT2D eigenvalue weighted by Crippen LogP contribution is 2.38. The second-order valence-electron chi connectivity index (χ2n) is 8.96. The van der Waals surface area contributed by atoms with Crippen LogP contribution in [0.5, 0.6) is 0 Å². The van der Waals surface area contributed by atoms with Crippen LogP contribution in [-0.4, -0.2) is 46.3 Å². The van der Waals surface area contributed by atoms with Gasteiger partial charge in [-0.2, -0.15) is 0 Å². The van der Waals surface area contributed by atoms with Crippen molar-refractivity contribution in [1.29, 1.82) is 0 Å². The first kappa shape index (κ1) is 22.1. The smallest absolute Gasteiger partial charge is 0.326 e. The zero-order valence-corrected chi connectivity index (χ0v) is 19.1. The normalized spacial score (nSPS) is 20.1. The molecule has 3 amide bonds. The molecule has 0 spiro atoms. The third kappa shape index (κ3) is 3.83. The molecule has 1 saturated heterocycles. The molecule has 1 saturated carbocycles. The average molecular weight is 462 g/mol. The number of nitrogens with one attached hydrogen (secondary N) is 1. The second-order valence-corrected chi connectivity index (χ2v) is 8.96. The molecule has 0 unspecified atom stereocenters. The highest BCUT2D eigenvalue weighted by molar-refractivity contribution is 6.10. The van der Waals surface area contributed by atoms with Crippen molar-refractivity contribution in [3.63, 3.8) is 0 Å². The van der Waals surface area contributed by atoms with Crippen LogP contribution in [0.2, 0.25) is 0 Å². The predicted octanol–water partition coefficient (Wildman–Crippen LogP) is 3.47. The maximum absolute atomic E-state index is 12.5. The van der Waals surface area contributed by atoms with Crippen molar-refractivity contribution in [2.75, 3.05) is 18.5 Å². The molecule has 0 bridgehead atoms. The Bertz CT molecular complexity index is 1290. The van der Waals surface area contributed by atoms with Crippen molar-refractivity contribution < 1.29 is 23.9 Å². The van der Waals surface area contributed by atoms with Crippen molar-refractivity contribution >= 4 is 51.2 Å². The number of carbonyl (C=O) groups excluding carboxylic acids is 4. The lowest BCUT2D eigenvalue weighted by atomic mass is 9.81. The van der Waals surface area contributed by atoms with Crippen LogP contribution in [0.4, 0.5) is 5.69 Å². The first-order chi connectivity index (χ1) is 16.5. The lowest BCUT2D eigenvalue weighted by Gasteiger charge is -2.19. The number of amides is 3. The van der Waals surface area contributed by atoms with Crippen LogP contribution in [0.3, 0.4) is 0 Å². The van der Waals surface area contributed by atoms with Crippen LogP contribution in [0.15, 0.2) is 42.5 Å². The number of fused-ring (bicyclic) bond motifs is 4. The van der Waals surface area contributed by atoms with Crippen molar-refractivity contribution in [2.24, 2.45) is 11.8 Å². The summed E-state index contributed by atoms with van der Waals surface area (Å²) in [6.45, 7) is 1.99. The Kier molecular flexibility index (Phi) is 5.81. The number of carbonyl (C=O) groups is 4. The van der Waals surface area contributed by atoms with Crippen LogP contribution in [0.25, 0.3) is 21.8 Å². The van der Waals surface area contributed by atoms with Crippen LogP contribution in [0.1, 0.15) is 32.6 Å². The number of rotatable bonds is 6. The van der Waals surface area contributed by atoms with Crippen LogP contribution in [0, 0.1) is 11.8 Å². The summed E-state index contributed by atoms with van der Waals surface area (Å²) in [6, 6.07) is 13.8. The fraction of sp³-hybridized carbons (Fsp3) is 0.385. The third-order valence-corrected chi connectivity index (χ3v) is 6.96. The van der Waals surface area contributed by atoms with Gasteiger partial charge in [-0.1, -0.05) is 31.0 Å².